The maximum absolute atomic E-state index is 12.8. The van der Waals surface area contributed by atoms with E-state index in [1.54, 1.807) is 24.4 Å². The summed E-state index contributed by atoms with van der Waals surface area (Å²) in [5.74, 6) is 0.328. The van der Waals surface area contributed by atoms with Crippen LogP contribution in [0.15, 0.2) is 52.1 Å². The van der Waals surface area contributed by atoms with Crippen molar-refractivity contribution in [3.8, 4) is 0 Å². The van der Waals surface area contributed by atoms with Gasteiger partial charge < -0.3 is 9.32 Å². The Labute approximate surface area is 143 Å². The standard InChI is InChI=1S/C18H18N4O3/c23-16-5-9-25-17-10-14(3-4-15(16)17)18(24)21-7-1-2-13(11-21)12-22-8-6-19-20-22/h3-6,8-10,13H,1-2,7,11-12H2. The monoisotopic (exact) mass is 338 g/mol. The summed E-state index contributed by atoms with van der Waals surface area (Å²) in [6.45, 7) is 2.19. The number of fused-ring (bicyclic) bond motifs is 1. The quantitative estimate of drug-likeness (QED) is 0.729. The molecule has 1 aromatic carbocycles. The first kappa shape index (κ1) is 15.6. The number of piperidine rings is 1. The van der Waals surface area contributed by atoms with Crippen LogP contribution in [0.1, 0.15) is 23.2 Å². The number of carbonyl (C=O) groups is 1. The Bertz CT molecular complexity index is 948. The summed E-state index contributed by atoms with van der Waals surface area (Å²) < 4.78 is 7.18. The predicted octanol–water partition coefficient (Wildman–Crippen LogP) is 1.94. The molecule has 1 atom stereocenters. The minimum absolute atomic E-state index is 0.0308. The molecule has 0 spiro atoms. The summed E-state index contributed by atoms with van der Waals surface area (Å²) >= 11 is 0. The molecule has 0 bridgehead atoms. The zero-order valence-electron chi connectivity index (χ0n) is 13.7. The predicted molar refractivity (Wildman–Crippen MR) is 91.1 cm³/mol. The second-order valence-corrected chi connectivity index (χ2v) is 6.38. The maximum Gasteiger partial charge on any atom is 0.253 e. The number of likely N-dealkylation sites (tertiary alicyclic amines) is 1. The highest BCUT2D eigenvalue weighted by atomic mass is 16.3. The zero-order chi connectivity index (χ0) is 17.2. The van der Waals surface area contributed by atoms with Crippen LogP contribution < -0.4 is 5.43 Å². The van der Waals surface area contributed by atoms with Crippen LogP contribution in [0.4, 0.5) is 0 Å². The van der Waals surface area contributed by atoms with E-state index in [1.807, 2.05) is 15.8 Å². The van der Waals surface area contributed by atoms with Crippen molar-refractivity contribution in [3.05, 3.63) is 58.7 Å². The molecule has 3 heterocycles. The number of nitrogens with zero attached hydrogens (tertiary/aromatic N) is 4. The lowest BCUT2D eigenvalue weighted by atomic mass is 9.97. The average Bonchev–Trinajstić information content (AvgIpc) is 3.14. The van der Waals surface area contributed by atoms with Gasteiger partial charge in [0.15, 0.2) is 5.43 Å². The van der Waals surface area contributed by atoms with Crippen molar-refractivity contribution in [2.24, 2.45) is 5.92 Å². The number of carbonyl (C=O) groups excluding carboxylic acids is 1. The van der Waals surface area contributed by atoms with Crippen molar-refractivity contribution in [2.45, 2.75) is 19.4 Å². The fourth-order valence-electron chi connectivity index (χ4n) is 3.39. The molecule has 1 aliphatic heterocycles. The minimum atomic E-state index is -0.105. The lowest BCUT2D eigenvalue weighted by Gasteiger charge is -2.32. The van der Waals surface area contributed by atoms with E-state index in [9.17, 15) is 9.59 Å². The Morgan fingerprint density at radius 2 is 2.24 bits per heavy atom. The Hall–Kier alpha value is -2.96. The van der Waals surface area contributed by atoms with Gasteiger partial charge >= 0.3 is 0 Å². The van der Waals surface area contributed by atoms with E-state index in [0.717, 1.165) is 25.9 Å². The van der Waals surface area contributed by atoms with Crippen molar-refractivity contribution < 1.29 is 9.21 Å². The van der Waals surface area contributed by atoms with Crippen LogP contribution in [0.5, 0.6) is 0 Å². The minimum Gasteiger partial charge on any atom is -0.464 e. The molecule has 7 nitrogen and oxygen atoms in total. The molecule has 7 heteroatoms. The molecule has 0 N–H and O–H groups in total. The highest BCUT2D eigenvalue weighted by molar-refractivity contribution is 5.97. The third kappa shape index (κ3) is 3.17. The molecular formula is C18H18N4O3. The van der Waals surface area contributed by atoms with E-state index >= 15 is 0 Å². The summed E-state index contributed by atoms with van der Waals surface area (Å²) in [5.41, 5.74) is 0.879. The molecule has 1 amide bonds. The van der Waals surface area contributed by atoms with Crippen LogP contribution in [-0.2, 0) is 6.54 Å². The summed E-state index contributed by atoms with van der Waals surface area (Å²) in [6, 6.07) is 6.39. The maximum atomic E-state index is 12.8. The van der Waals surface area contributed by atoms with Crippen molar-refractivity contribution in [1.82, 2.24) is 19.9 Å². The number of hydrogen-bond acceptors (Lipinski definition) is 5. The Morgan fingerprint density at radius 1 is 1.32 bits per heavy atom. The number of benzene rings is 1. The molecule has 1 fully saturated rings. The number of aromatic nitrogens is 3. The van der Waals surface area contributed by atoms with Gasteiger partial charge in [0.25, 0.3) is 5.91 Å². The first-order valence-corrected chi connectivity index (χ1v) is 8.35. The normalized spacial score (nSPS) is 17.8. The van der Waals surface area contributed by atoms with Crippen molar-refractivity contribution in [2.75, 3.05) is 13.1 Å². The number of rotatable bonds is 3. The summed E-state index contributed by atoms with van der Waals surface area (Å²) in [5, 5.41) is 8.31. The van der Waals surface area contributed by atoms with E-state index in [2.05, 4.69) is 10.3 Å². The number of hydrogen-bond donors (Lipinski definition) is 0. The van der Waals surface area contributed by atoms with Gasteiger partial charge in [0.1, 0.15) is 5.58 Å². The summed E-state index contributed by atoms with van der Waals surface area (Å²) in [4.78, 5) is 26.5. The topological polar surface area (TPSA) is 81.2 Å². The summed E-state index contributed by atoms with van der Waals surface area (Å²) in [7, 11) is 0. The third-order valence-corrected chi connectivity index (χ3v) is 4.63. The fourth-order valence-corrected chi connectivity index (χ4v) is 3.39. The Balaban J connectivity index is 1.52. The highest BCUT2D eigenvalue weighted by Crippen LogP contribution is 2.21. The van der Waals surface area contributed by atoms with Crippen molar-refractivity contribution in [3.63, 3.8) is 0 Å². The van der Waals surface area contributed by atoms with Gasteiger partial charge in [-0.1, -0.05) is 5.21 Å². The molecule has 4 rings (SSSR count). The first-order valence-electron chi connectivity index (χ1n) is 8.35. The van der Waals surface area contributed by atoms with Gasteiger partial charge in [-0.15, -0.1) is 5.10 Å². The van der Waals surface area contributed by atoms with Crippen LogP contribution in [-0.4, -0.2) is 38.9 Å². The van der Waals surface area contributed by atoms with Gasteiger partial charge in [0.05, 0.1) is 17.8 Å². The number of amides is 1. The van der Waals surface area contributed by atoms with E-state index < -0.39 is 0 Å². The lowest BCUT2D eigenvalue weighted by Crippen LogP contribution is -2.41. The first-order chi connectivity index (χ1) is 12.2. The van der Waals surface area contributed by atoms with Crippen molar-refractivity contribution in [1.29, 1.82) is 0 Å². The molecule has 25 heavy (non-hydrogen) atoms. The second kappa shape index (κ2) is 6.51. The van der Waals surface area contributed by atoms with Crippen LogP contribution in [0.2, 0.25) is 0 Å². The smallest absolute Gasteiger partial charge is 0.253 e. The van der Waals surface area contributed by atoms with Crippen LogP contribution >= 0.6 is 0 Å². The molecule has 0 saturated carbocycles. The van der Waals surface area contributed by atoms with Gasteiger partial charge in [0.2, 0.25) is 0 Å². The molecule has 1 saturated heterocycles. The SMILES string of the molecule is O=C(c1ccc2c(=O)ccoc2c1)N1CCCC(Cn2ccnn2)C1. The van der Waals surface area contributed by atoms with E-state index in [0.29, 0.717) is 29.0 Å². The van der Waals surface area contributed by atoms with Crippen LogP contribution in [0, 0.1) is 5.92 Å². The zero-order valence-corrected chi connectivity index (χ0v) is 13.7. The van der Waals surface area contributed by atoms with Gasteiger partial charge in [-0.2, -0.15) is 0 Å². The Morgan fingerprint density at radius 3 is 3.08 bits per heavy atom. The molecule has 0 radical (unpaired) electrons. The van der Waals surface area contributed by atoms with E-state index in [4.69, 9.17) is 4.42 Å². The molecule has 1 unspecified atom stereocenters. The van der Waals surface area contributed by atoms with Crippen LogP contribution in [0.25, 0.3) is 11.0 Å². The molecule has 128 valence electrons. The Kier molecular flexibility index (Phi) is 4.05. The van der Waals surface area contributed by atoms with Crippen LogP contribution in [0.3, 0.4) is 0 Å². The van der Waals surface area contributed by atoms with Gasteiger partial charge in [0, 0.05) is 37.5 Å². The third-order valence-electron chi connectivity index (χ3n) is 4.63. The molecule has 2 aromatic heterocycles. The van der Waals surface area contributed by atoms with E-state index in [1.165, 1.54) is 12.3 Å². The van der Waals surface area contributed by atoms with Gasteiger partial charge in [-0.25, -0.2) is 0 Å². The molecule has 3 aromatic rings. The largest absolute Gasteiger partial charge is 0.464 e. The van der Waals surface area contributed by atoms with Crippen molar-refractivity contribution >= 4 is 16.9 Å². The van der Waals surface area contributed by atoms with Gasteiger partial charge in [-0.3, -0.25) is 14.3 Å². The lowest BCUT2D eigenvalue weighted by molar-refractivity contribution is 0.0659. The molecular weight excluding hydrogens is 320 g/mol. The van der Waals surface area contributed by atoms with E-state index in [-0.39, 0.29) is 11.3 Å². The average molecular weight is 338 g/mol. The van der Waals surface area contributed by atoms with Gasteiger partial charge in [-0.05, 0) is 37.0 Å². The summed E-state index contributed by atoms with van der Waals surface area (Å²) in [6.07, 6.45) is 6.89. The second-order valence-electron chi connectivity index (χ2n) is 6.38. The highest BCUT2D eigenvalue weighted by Gasteiger charge is 2.25. The fraction of sp³-hybridized carbons (Fsp3) is 0.333. The molecule has 0 aliphatic carbocycles. The molecule has 1 aliphatic rings.